The average molecular weight is 165 g/mol. The van der Waals surface area contributed by atoms with E-state index in [0.717, 1.165) is 0 Å². The molecule has 0 atom stereocenters. The molecule has 0 aromatic carbocycles. The van der Waals surface area contributed by atoms with E-state index in [4.69, 9.17) is 5.73 Å². The second-order valence-electron chi connectivity index (χ2n) is 2.55. The van der Waals surface area contributed by atoms with E-state index in [-0.39, 0.29) is 5.78 Å². The number of aromatic nitrogens is 1. The molecule has 4 nitrogen and oxygen atoms in total. The highest BCUT2D eigenvalue weighted by Gasteiger charge is 2.06. The SMILES string of the molecule is CC(=O)c1cc[nH]c1/N=C(\C)N. The molecule has 12 heavy (non-hydrogen) atoms. The standard InChI is InChI=1S/C8H11N3O/c1-5(12)7-3-4-10-8(7)11-6(2)9/h3-4,10H,1-2H3,(H2,9,11). The van der Waals surface area contributed by atoms with Gasteiger partial charge >= 0.3 is 0 Å². The summed E-state index contributed by atoms with van der Waals surface area (Å²) in [6.07, 6.45) is 1.67. The topological polar surface area (TPSA) is 71.2 Å². The molecule has 3 N–H and O–H groups in total. The number of amidine groups is 1. The largest absolute Gasteiger partial charge is 0.387 e. The van der Waals surface area contributed by atoms with Gasteiger partial charge in [-0.25, -0.2) is 4.99 Å². The van der Waals surface area contributed by atoms with Crippen LogP contribution in [-0.4, -0.2) is 16.6 Å². The molecule has 0 unspecified atom stereocenters. The third-order valence-electron chi connectivity index (χ3n) is 1.39. The predicted molar refractivity (Wildman–Crippen MR) is 47.8 cm³/mol. The molecule has 1 rings (SSSR count). The summed E-state index contributed by atoms with van der Waals surface area (Å²) in [6.45, 7) is 3.17. The van der Waals surface area contributed by atoms with Crippen LogP contribution in [0.1, 0.15) is 24.2 Å². The zero-order valence-electron chi connectivity index (χ0n) is 7.09. The van der Waals surface area contributed by atoms with Crippen molar-refractivity contribution >= 4 is 17.4 Å². The van der Waals surface area contributed by atoms with Crippen LogP contribution >= 0.6 is 0 Å². The van der Waals surface area contributed by atoms with Crippen LogP contribution < -0.4 is 5.73 Å². The number of carbonyl (C=O) groups is 1. The Balaban J connectivity index is 3.08. The van der Waals surface area contributed by atoms with Gasteiger partial charge in [-0.15, -0.1) is 0 Å². The first-order valence-corrected chi connectivity index (χ1v) is 3.60. The lowest BCUT2D eigenvalue weighted by Gasteiger charge is -1.93. The van der Waals surface area contributed by atoms with E-state index in [1.54, 1.807) is 19.2 Å². The molecule has 0 aliphatic carbocycles. The molecule has 0 aliphatic heterocycles. The van der Waals surface area contributed by atoms with Gasteiger partial charge in [0, 0.05) is 6.20 Å². The summed E-state index contributed by atoms with van der Waals surface area (Å²) in [6, 6.07) is 1.68. The molecule has 0 aliphatic rings. The lowest BCUT2D eigenvalue weighted by Crippen LogP contribution is -2.04. The zero-order valence-corrected chi connectivity index (χ0v) is 7.09. The lowest BCUT2D eigenvalue weighted by atomic mass is 10.2. The Bertz CT molecular complexity index is 321. The van der Waals surface area contributed by atoms with Gasteiger partial charge in [0.2, 0.25) is 0 Å². The van der Waals surface area contributed by atoms with Crippen LogP contribution in [0.25, 0.3) is 0 Å². The molecular weight excluding hydrogens is 154 g/mol. The van der Waals surface area contributed by atoms with Crippen molar-refractivity contribution in [3.63, 3.8) is 0 Å². The number of hydrogen-bond donors (Lipinski definition) is 2. The Labute approximate surface area is 70.5 Å². The molecule has 0 bridgehead atoms. The second-order valence-corrected chi connectivity index (χ2v) is 2.55. The number of aliphatic imine (C=N–C) groups is 1. The molecule has 0 amide bonds. The van der Waals surface area contributed by atoms with Gasteiger partial charge in [-0.05, 0) is 19.9 Å². The normalized spacial score (nSPS) is 11.7. The molecule has 4 heteroatoms. The highest BCUT2D eigenvalue weighted by molar-refractivity contribution is 5.99. The number of H-pyrrole nitrogens is 1. The number of rotatable bonds is 2. The van der Waals surface area contributed by atoms with Gasteiger partial charge in [-0.3, -0.25) is 4.79 Å². The monoisotopic (exact) mass is 165 g/mol. The van der Waals surface area contributed by atoms with Crippen molar-refractivity contribution in [1.29, 1.82) is 0 Å². The second kappa shape index (κ2) is 3.21. The number of ketones is 1. The molecule has 0 radical (unpaired) electrons. The highest BCUT2D eigenvalue weighted by atomic mass is 16.1. The fraction of sp³-hybridized carbons (Fsp3) is 0.250. The molecule has 0 saturated heterocycles. The van der Waals surface area contributed by atoms with Crippen molar-refractivity contribution in [2.24, 2.45) is 10.7 Å². The molecule has 1 heterocycles. The summed E-state index contributed by atoms with van der Waals surface area (Å²) in [5.41, 5.74) is 5.94. The molecule has 0 saturated carbocycles. The molecular formula is C8H11N3O. The van der Waals surface area contributed by atoms with Crippen LogP contribution in [0.15, 0.2) is 17.3 Å². The maximum Gasteiger partial charge on any atom is 0.163 e. The van der Waals surface area contributed by atoms with Gasteiger partial charge in [-0.1, -0.05) is 0 Å². The highest BCUT2D eigenvalue weighted by Crippen LogP contribution is 2.16. The van der Waals surface area contributed by atoms with Gasteiger partial charge in [0.15, 0.2) is 5.78 Å². The molecule has 64 valence electrons. The van der Waals surface area contributed by atoms with Gasteiger partial charge in [0.05, 0.1) is 11.4 Å². The van der Waals surface area contributed by atoms with Crippen molar-refractivity contribution < 1.29 is 4.79 Å². The molecule has 1 aromatic rings. The number of carbonyl (C=O) groups excluding carboxylic acids is 1. The van der Waals surface area contributed by atoms with Gasteiger partial charge in [0.1, 0.15) is 5.82 Å². The molecule has 1 aromatic heterocycles. The smallest absolute Gasteiger partial charge is 0.163 e. The first-order chi connectivity index (χ1) is 5.61. The van der Waals surface area contributed by atoms with Gasteiger partial charge in [-0.2, -0.15) is 0 Å². The van der Waals surface area contributed by atoms with E-state index in [1.165, 1.54) is 6.92 Å². The number of nitrogens with zero attached hydrogens (tertiary/aromatic N) is 1. The van der Waals surface area contributed by atoms with Gasteiger partial charge < -0.3 is 10.7 Å². The minimum Gasteiger partial charge on any atom is -0.387 e. The van der Waals surface area contributed by atoms with E-state index in [9.17, 15) is 4.79 Å². The van der Waals surface area contributed by atoms with Crippen molar-refractivity contribution in [1.82, 2.24) is 4.98 Å². The Hall–Kier alpha value is -1.58. The van der Waals surface area contributed by atoms with E-state index >= 15 is 0 Å². The number of Topliss-reactive ketones (excluding diaryl/α,β-unsaturated/α-hetero) is 1. The predicted octanol–water partition coefficient (Wildman–Crippen LogP) is 1.23. The Morgan fingerprint density at radius 2 is 2.25 bits per heavy atom. The Kier molecular flexibility index (Phi) is 2.28. The first kappa shape index (κ1) is 8.52. The number of nitrogens with one attached hydrogen (secondary N) is 1. The fourth-order valence-corrected chi connectivity index (χ4v) is 0.914. The van der Waals surface area contributed by atoms with Crippen molar-refractivity contribution in [3.8, 4) is 0 Å². The van der Waals surface area contributed by atoms with E-state index in [0.29, 0.717) is 17.2 Å². The summed E-state index contributed by atoms with van der Waals surface area (Å²) in [5.74, 6) is 0.943. The summed E-state index contributed by atoms with van der Waals surface area (Å²) in [5, 5.41) is 0. The van der Waals surface area contributed by atoms with Gasteiger partial charge in [0.25, 0.3) is 0 Å². The molecule has 0 spiro atoms. The Morgan fingerprint density at radius 3 is 2.75 bits per heavy atom. The van der Waals surface area contributed by atoms with Crippen LogP contribution in [0.2, 0.25) is 0 Å². The van der Waals surface area contributed by atoms with Crippen LogP contribution in [0.4, 0.5) is 5.82 Å². The van der Waals surface area contributed by atoms with Crippen molar-refractivity contribution in [2.75, 3.05) is 0 Å². The fourth-order valence-electron chi connectivity index (χ4n) is 0.914. The number of aromatic amines is 1. The van der Waals surface area contributed by atoms with Crippen LogP contribution in [0.3, 0.4) is 0 Å². The first-order valence-electron chi connectivity index (χ1n) is 3.60. The van der Waals surface area contributed by atoms with E-state index < -0.39 is 0 Å². The minimum absolute atomic E-state index is 0.0174. The lowest BCUT2D eigenvalue weighted by molar-refractivity contribution is 0.101. The summed E-state index contributed by atoms with van der Waals surface area (Å²) in [4.78, 5) is 17.8. The van der Waals surface area contributed by atoms with E-state index in [1.807, 2.05) is 0 Å². The third kappa shape index (κ3) is 1.72. The summed E-state index contributed by atoms with van der Waals surface area (Å²) in [7, 11) is 0. The third-order valence-corrected chi connectivity index (χ3v) is 1.39. The van der Waals surface area contributed by atoms with Crippen LogP contribution in [0, 0.1) is 0 Å². The zero-order chi connectivity index (χ0) is 9.14. The van der Waals surface area contributed by atoms with Crippen LogP contribution in [-0.2, 0) is 0 Å². The number of hydrogen-bond acceptors (Lipinski definition) is 2. The minimum atomic E-state index is -0.0174. The summed E-state index contributed by atoms with van der Waals surface area (Å²) < 4.78 is 0. The maximum absolute atomic E-state index is 11.0. The average Bonchev–Trinajstić information content (AvgIpc) is 2.33. The number of nitrogens with two attached hydrogens (primary N) is 1. The molecule has 0 fully saturated rings. The maximum atomic E-state index is 11.0. The summed E-state index contributed by atoms with van der Waals surface area (Å²) >= 11 is 0. The quantitative estimate of drug-likeness (QED) is 0.393. The van der Waals surface area contributed by atoms with Crippen molar-refractivity contribution in [3.05, 3.63) is 17.8 Å². The Morgan fingerprint density at radius 1 is 1.58 bits per heavy atom. The van der Waals surface area contributed by atoms with Crippen molar-refractivity contribution in [2.45, 2.75) is 13.8 Å². The van der Waals surface area contributed by atoms with E-state index in [2.05, 4.69) is 9.98 Å². The van der Waals surface area contributed by atoms with Crippen LogP contribution in [0.5, 0.6) is 0 Å².